The maximum atomic E-state index is 12.3. The maximum Gasteiger partial charge on any atom is 0.253 e. The van der Waals surface area contributed by atoms with Gasteiger partial charge in [0.25, 0.3) is 5.91 Å². The van der Waals surface area contributed by atoms with E-state index in [2.05, 4.69) is 26.2 Å². The summed E-state index contributed by atoms with van der Waals surface area (Å²) in [7, 11) is 0. The van der Waals surface area contributed by atoms with Gasteiger partial charge < -0.3 is 15.8 Å². The Bertz CT molecular complexity index is 688. The number of nitrogens with one attached hydrogen (secondary N) is 1. The Kier molecular flexibility index (Phi) is 5.48. The Balaban J connectivity index is 1.61. The van der Waals surface area contributed by atoms with E-state index in [0.29, 0.717) is 29.7 Å². The number of halogens is 1. The van der Waals surface area contributed by atoms with Gasteiger partial charge in [0.1, 0.15) is 5.75 Å². The van der Waals surface area contributed by atoms with Crippen LogP contribution in [0.5, 0.6) is 11.6 Å². The van der Waals surface area contributed by atoms with Crippen LogP contribution in [0.15, 0.2) is 47.1 Å². The molecule has 0 radical (unpaired) electrons. The summed E-state index contributed by atoms with van der Waals surface area (Å²) in [5.41, 5.74) is 6.29. The Morgan fingerprint density at radius 1 is 1.25 bits per heavy atom. The van der Waals surface area contributed by atoms with Crippen LogP contribution in [0, 0.1) is 5.92 Å². The Morgan fingerprint density at radius 3 is 2.71 bits per heavy atom. The van der Waals surface area contributed by atoms with Crippen molar-refractivity contribution in [3.63, 3.8) is 0 Å². The van der Waals surface area contributed by atoms with Gasteiger partial charge in [-0.25, -0.2) is 4.98 Å². The summed E-state index contributed by atoms with van der Waals surface area (Å²) in [6, 6.07) is 11.1. The van der Waals surface area contributed by atoms with E-state index < -0.39 is 0 Å². The summed E-state index contributed by atoms with van der Waals surface area (Å²) in [6.07, 6.45) is 4.73. The fourth-order valence-electron chi connectivity index (χ4n) is 2.96. The molecule has 1 aliphatic carbocycles. The second-order valence-corrected chi connectivity index (χ2v) is 6.86. The SMILES string of the molecule is NCC1CCCC1NC(=O)c1ccc(Oc2ccc(Br)cc2)nc1. The van der Waals surface area contributed by atoms with Gasteiger partial charge in [0.05, 0.1) is 5.56 Å². The zero-order valence-corrected chi connectivity index (χ0v) is 14.8. The molecule has 1 aliphatic rings. The minimum atomic E-state index is -0.108. The van der Waals surface area contributed by atoms with Gasteiger partial charge in [0.15, 0.2) is 0 Å². The quantitative estimate of drug-likeness (QED) is 0.820. The molecular formula is C18H20BrN3O2. The van der Waals surface area contributed by atoms with Gasteiger partial charge in [-0.15, -0.1) is 0 Å². The number of hydrogen-bond acceptors (Lipinski definition) is 4. The van der Waals surface area contributed by atoms with E-state index in [0.717, 1.165) is 23.7 Å². The molecule has 0 aliphatic heterocycles. The molecule has 3 rings (SSSR count). The van der Waals surface area contributed by atoms with Crippen LogP contribution in [0.2, 0.25) is 0 Å². The predicted molar refractivity (Wildman–Crippen MR) is 96.1 cm³/mol. The highest BCUT2D eigenvalue weighted by atomic mass is 79.9. The lowest BCUT2D eigenvalue weighted by molar-refractivity contribution is 0.0928. The van der Waals surface area contributed by atoms with Gasteiger partial charge in [0.2, 0.25) is 5.88 Å². The van der Waals surface area contributed by atoms with Crippen molar-refractivity contribution in [2.75, 3.05) is 6.54 Å². The average molecular weight is 390 g/mol. The van der Waals surface area contributed by atoms with Gasteiger partial charge in [-0.05, 0) is 55.6 Å². The molecule has 1 amide bonds. The molecule has 3 N–H and O–H groups in total. The summed E-state index contributed by atoms with van der Waals surface area (Å²) in [5, 5.41) is 3.07. The third-order valence-electron chi connectivity index (χ3n) is 4.31. The number of benzene rings is 1. The largest absolute Gasteiger partial charge is 0.439 e. The molecule has 2 aromatic rings. The second-order valence-electron chi connectivity index (χ2n) is 5.95. The van der Waals surface area contributed by atoms with Crippen molar-refractivity contribution in [3.8, 4) is 11.6 Å². The van der Waals surface area contributed by atoms with Crippen LogP contribution >= 0.6 is 15.9 Å². The topological polar surface area (TPSA) is 77.2 Å². The maximum absolute atomic E-state index is 12.3. The van der Waals surface area contributed by atoms with Crippen molar-refractivity contribution in [2.45, 2.75) is 25.3 Å². The van der Waals surface area contributed by atoms with Crippen LogP contribution < -0.4 is 15.8 Å². The molecule has 6 heteroatoms. The van der Waals surface area contributed by atoms with Crippen molar-refractivity contribution in [2.24, 2.45) is 11.7 Å². The number of amides is 1. The van der Waals surface area contributed by atoms with E-state index in [1.165, 1.54) is 6.20 Å². The third kappa shape index (κ3) is 4.13. The van der Waals surface area contributed by atoms with Crippen molar-refractivity contribution in [3.05, 3.63) is 52.6 Å². The van der Waals surface area contributed by atoms with Crippen molar-refractivity contribution in [1.29, 1.82) is 0 Å². The number of carbonyl (C=O) groups is 1. The summed E-state index contributed by atoms with van der Waals surface area (Å²) in [4.78, 5) is 16.5. The first kappa shape index (κ1) is 16.9. The minimum absolute atomic E-state index is 0.108. The highest BCUT2D eigenvalue weighted by Crippen LogP contribution is 2.25. The number of rotatable bonds is 5. The third-order valence-corrected chi connectivity index (χ3v) is 4.84. The molecule has 1 aromatic heterocycles. The Labute approximate surface area is 149 Å². The predicted octanol–water partition coefficient (Wildman–Crippen LogP) is 3.49. The number of carbonyl (C=O) groups excluding carboxylic acids is 1. The molecule has 1 heterocycles. The first-order valence-corrected chi connectivity index (χ1v) is 8.85. The van der Waals surface area contributed by atoms with E-state index in [4.69, 9.17) is 10.5 Å². The molecule has 1 aromatic carbocycles. The highest BCUT2D eigenvalue weighted by molar-refractivity contribution is 9.10. The second kappa shape index (κ2) is 7.77. The van der Waals surface area contributed by atoms with E-state index in [9.17, 15) is 4.79 Å². The molecule has 2 atom stereocenters. The van der Waals surface area contributed by atoms with Crippen LogP contribution in [-0.4, -0.2) is 23.5 Å². The summed E-state index contributed by atoms with van der Waals surface area (Å²) in [5.74, 6) is 1.42. The molecule has 1 saturated carbocycles. The van der Waals surface area contributed by atoms with Gasteiger partial charge in [-0.1, -0.05) is 22.4 Å². The number of aromatic nitrogens is 1. The number of ether oxygens (including phenoxy) is 1. The molecule has 0 saturated heterocycles. The highest BCUT2D eigenvalue weighted by Gasteiger charge is 2.27. The van der Waals surface area contributed by atoms with E-state index >= 15 is 0 Å². The number of pyridine rings is 1. The average Bonchev–Trinajstić information content (AvgIpc) is 3.04. The standard InChI is InChI=1S/C18H20BrN3O2/c19-14-5-7-15(8-6-14)24-17-9-4-13(11-21-17)18(23)22-16-3-1-2-12(16)10-20/h4-9,11-12,16H,1-3,10,20H2,(H,22,23). The molecule has 5 nitrogen and oxygen atoms in total. The minimum Gasteiger partial charge on any atom is -0.439 e. The monoisotopic (exact) mass is 389 g/mol. The normalized spacial score (nSPS) is 19.9. The number of hydrogen-bond donors (Lipinski definition) is 2. The number of nitrogens with zero attached hydrogens (tertiary/aromatic N) is 1. The Hall–Kier alpha value is -1.92. The first-order valence-electron chi connectivity index (χ1n) is 8.06. The zero-order chi connectivity index (χ0) is 16.9. The lowest BCUT2D eigenvalue weighted by Gasteiger charge is -2.19. The molecule has 2 unspecified atom stereocenters. The van der Waals surface area contributed by atoms with Gasteiger partial charge in [-0.3, -0.25) is 4.79 Å². The van der Waals surface area contributed by atoms with E-state index in [-0.39, 0.29) is 11.9 Å². The molecule has 24 heavy (non-hydrogen) atoms. The van der Waals surface area contributed by atoms with Crippen LogP contribution in [0.3, 0.4) is 0 Å². The summed E-state index contributed by atoms with van der Waals surface area (Å²) in [6.45, 7) is 0.614. The van der Waals surface area contributed by atoms with E-state index in [1.54, 1.807) is 12.1 Å². The van der Waals surface area contributed by atoms with Gasteiger partial charge in [0, 0.05) is 22.8 Å². The van der Waals surface area contributed by atoms with Crippen molar-refractivity contribution < 1.29 is 9.53 Å². The van der Waals surface area contributed by atoms with Crippen LogP contribution in [-0.2, 0) is 0 Å². The van der Waals surface area contributed by atoms with Crippen LogP contribution in [0.1, 0.15) is 29.6 Å². The fourth-order valence-corrected chi connectivity index (χ4v) is 3.22. The van der Waals surface area contributed by atoms with Crippen molar-refractivity contribution in [1.82, 2.24) is 10.3 Å². The molecule has 0 spiro atoms. The number of nitrogens with two attached hydrogens (primary N) is 1. The first-order chi connectivity index (χ1) is 11.7. The van der Waals surface area contributed by atoms with Gasteiger partial charge >= 0.3 is 0 Å². The van der Waals surface area contributed by atoms with Crippen molar-refractivity contribution >= 4 is 21.8 Å². The molecule has 126 valence electrons. The molecule has 0 bridgehead atoms. The van der Waals surface area contributed by atoms with E-state index in [1.807, 2.05) is 24.3 Å². The van der Waals surface area contributed by atoms with Crippen LogP contribution in [0.4, 0.5) is 0 Å². The lowest BCUT2D eigenvalue weighted by atomic mass is 10.0. The Morgan fingerprint density at radius 2 is 2.04 bits per heavy atom. The smallest absolute Gasteiger partial charge is 0.253 e. The van der Waals surface area contributed by atoms with Crippen LogP contribution in [0.25, 0.3) is 0 Å². The van der Waals surface area contributed by atoms with Gasteiger partial charge in [-0.2, -0.15) is 0 Å². The lowest BCUT2D eigenvalue weighted by Crippen LogP contribution is -2.39. The summed E-state index contributed by atoms with van der Waals surface area (Å²) < 4.78 is 6.64. The summed E-state index contributed by atoms with van der Waals surface area (Å²) >= 11 is 3.38. The fraction of sp³-hybridized carbons (Fsp3) is 0.333. The zero-order valence-electron chi connectivity index (χ0n) is 13.2. The molecular weight excluding hydrogens is 370 g/mol. The molecule has 1 fully saturated rings.